The van der Waals surface area contributed by atoms with Gasteiger partial charge < -0.3 is 43.2 Å². The Morgan fingerprint density at radius 1 is 0.600 bits per heavy atom. The highest BCUT2D eigenvalue weighted by atomic mass is 28.3. The molecule has 0 unspecified atom stereocenters. The van der Waals surface area contributed by atoms with Crippen LogP contribution >= 0.6 is 0 Å². The Kier molecular flexibility index (Phi) is 16.2. The molecule has 3 aliphatic rings. The Bertz CT molecular complexity index is 2810. The first-order valence-electron chi connectivity index (χ1n) is 27.4. The fourth-order valence-electron chi connectivity index (χ4n) is 10.7. The van der Waals surface area contributed by atoms with Crippen LogP contribution in [-0.4, -0.2) is 117 Å². The number of amides is 2. The summed E-state index contributed by atoms with van der Waals surface area (Å²) in [7, 11) is -2.78. The van der Waals surface area contributed by atoms with E-state index in [-0.39, 0.29) is 43.1 Å². The molecule has 3 aliphatic heterocycles. The minimum atomic E-state index is -1.41. The van der Waals surface area contributed by atoms with E-state index in [0.717, 1.165) is 88.3 Å². The van der Waals surface area contributed by atoms with E-state index in [2.05, 4.69) is 104 Å². The summed E-state index contributed by atoms with van der Waals surface area (Å²) in [5, 5.41) is 25.2. The number of imidazole rings is 2. The number of likely N-dealkylation sites (tertiary alicyclic amines) is 2. The average molecular weight is 1070 g/mol. The summed E-state index contributed by atoms with van der Waals surface area (Å²) >= 11 is 0. The van der Waals surface area contributed by atoms with Crippen LogP contribution in [0.25, 0.3) is 22.1 Å². The lowest BCUT2D eigenvalue weighted by Gasteiger charge is -2.34. The minimum Gasteiger partial charge on any atom is -0.444 e. The lowest BCUT2D eigenvalue weighted by atomic mass is 9.87. The van der Waals surface area contributed by atoms with E-state index in [0.29, 0.717) is 31.8 Å². The minimum absolute atomic E-state index is 0.101. The highest BCUT2D eigenvalue weighted by molar-refractivity contribution is 6.76. The number of hydrogen-bond acceptors (Lipinski definition) is 11. The third kappa shape index (κ3) is 13.0. The van der Waals surface area contributed by atoms with Gasteiger partial charge in [0.15, 0.2) is 0 Å². The first-order valence-corrected chi connectivity index (χ1v) is 34.8. The standard InChI is InChI=1S/C58H87N7O8Si2/c1-56(2,3)40-22-24-41(25-23-40)65-48(38-21-27-44-43(34-38)60-53(63(44)36-70-30-32-74(10,11)12)46-19-17-29-62(46)55(69)73-58(7,8)9)50(66)51(67)49(65)39-20-26-42-47(35-39)64(37-71-31-33-75(13,14)15)52(59-42)45-18-16-28-61(45)54(68)72-57(4,5)6/h20-27,34-35,45-46,48-51,66-67H,16-19,28-33,36-37H2,1-15H3/t45-,46-,48-,49-,50+,51+/m0/s1. The van der Waals surface area contributed by atoms with E-state index >= 15 is 0 Å². The Balaban J connectivity index is 1.22. The van der Waals surface area contributed by atoms with Crippen molar-refractivity contribution in [1.29, 1.82) is 0 Å². The average Bonchev–Trinajstić information content (AvgIpc) is 4.14. The summed E-state index contributed by atoms with van der Waals surface area (Å²) in [6.07, 6.45) is -0.0432. The number of ether oxygens (including phenoxy) is 4. The van der Waals surface area contributed by atoms with E-state index in [1.807, 2.05) is 71.9 Å². The van der Waals surface area contributed by atoms with Crippen molar-refractivity contribution in [3.8, 4) is 0 Å². The third-order valence-electron chi connectivity index (χ3n) is 14.7. The molecule has 17 heteroatoms. The summed E-state index contributed by atoms with van der Waals surface area (Å²) in [6, 6.07) is 20.6. The zero-order valence-corrected chi connectivity index (χ0v) is 49.7. The van der Waals surface area contributed by atoms with Crippen LogP contribution in [0, 0.1) is 0 Å². The quantitative estimate of drug-likeness (QED) is 0.0760. The second kappa shape index (κ2) is 21.6. The number of hydrogen-bond donors (Lipinski definition) is 2. The van der Waals surface area contributed by atoms with Crippen molar-refractivity contribution in [2.24, 2.45) is 0 Å². The van der Waals surface area contributed by atoms with Crippen LogP contribution in [0.15, 0.2) is 60.7 Å². The number of anilines is 1. The second-order valence-corrected chi connectivity index (χ2v) is 38.0. The normalized spacial score (nSPS) is 22.1. The molecular formula is C58H87N7O8Si2. The van der Waals surface area contributed by atoms with Crippen LogP contribution in [0.5, 0.6) is 0 Å². The summed E-state index contributed by atoms with van der Waals surface area (Å²) in [6.45, 7) is 34.7. The Morgan fingerprint density at radius 3 is 1.52 bits per heavy atom. The maximum atomic E-state index is 13.7. The molecule has 2 N–H and O–H groups in total. The van der Waals surface area contributed by atoms with E-state index in [1.54, 1.807) is 9.80 Å². The molecule has 15 nitrogen and oxygen atoms in total. The topological polar surface area (TPSA) is 157 Å². The second-order valence-electron chi connectivity index (χ2n) is 26.7. The molecule has 0 bridgehead atoms. The van der Waals surface area contributed by atoms with Gasteiger partial charge in [0.2, 0.25) is 0 Å². The molecule has 410 valence electrons. The van der Waals surface area contributed by atoms with Crippen LogP contribution in [0.3, 0.4) is 0 Å². The zero-order valence-electron chi connectivity index (χ0n) is 47.7. The monoisotopic (exact) mass is 1070 g/mol. The van der Waals surface area contributed by atoms with Gasteiger partial charge in [-0.15, -0.1) is 0 Å². The SMILES string of the molecule is CC(C)(C)OC(=O)N1CCC[C@H]1c1nc2cc([C@H]3[C@@H](O)[C@H](O)[C@H](c4ccc5nc([C@@H]6CCCN6C(=O)OC(C)(C)C)n(COCC[Si](C)(C)C)c5c4)N3c3ccc(C(C)(C)C)cc3)ccc2n1COCC[Si](C)(C)C. The predicted octanol–water partition coefficient (Wildman–Crippen LogP) is 12.5. The molecule has 5 heterocycles. The molecule has 2 aromatic heterocycles. The lowest BCUT2D eigenvalue weighted by Crippen LogP contribution is -2.37. The van der Waals surface area contributed by atoms with Crippen molar-refractivity contribution in [3.05, 3.63) is 89.0 Å². The molecule has 3 fully saturated rings. The predicted molar refractivity (Wildman–Crippen MR) is 303 cm³/mol. The number of nitrogens with zero attached hydrogens (tertiary/aromatic N) is 7. The van der Waals surface area contributed by atoms with Crippen molar-refractivity contribution in [2.45, 2.75) is 206 Å². The molecule has 0 radical (unpaired) electrons. The number of carbonyl (C=O) groups is 2. The number of aromatic nitrogens is 4. The molecular weight excluding hydrogens is 979 g/mol. The van der Waals surface area contributed by atoms with Gasteiger partial charge in [0.05, 0.1) is 46.2 Å². The third-order valence-corrected chi connectivity index (χ3v) is 18.1. The Morgan fingerprint density at radius 2 is 1.05 bits per heavy atom. The van der Waals surface area contributed by atoms with Gasteiger partial charge in [-0.25, -0.2) is 19.6 Å². The van der Waals surface area contributed by atoms with Gasteiger partial charge in [-0.2, -0.15) is 0 Å². The van der Waals surface area contributed by atoms with Crippen LogP contribution in [0.4, 0.5) is 15.3 Å². The lowest BCUT2D eigenvalue weighted by molar-refractivity contribution is 0.0196. The first kappa shape index (κ1) is 56.4. The maximum Gasteiger partial charge on any atom is 0.410 e. The van der Waals surface area contributed by atoms with Crippen LogP contribution < -0.4 is 4.90 Å². The van der Waals surface area contributed by atoms with Gasteiger partial charge in [0.25, 0.3) is 0 Å². The molecule has 3 aromatic carbocycles. The first-order chi connectivity index (χ1) is 35.0. The Hall–Kier alpha value is -4.79. The van der Waals surface area contributed by atoms with Crippen molar-refractivity contribution in [3.63, 3.8) is 0 Å². The van der Waals surface area contributed by atoms with Gasteiger partial charge in [-0.1, -0.05) is 84.3 Å². The molecule has 5 aromatic rings. The summed E-state index contributed by atoms with van der Waals surface area (Å²) < 4.78 is 28.9. The van der Waals surface area contributed by atoms with E-state index in [9.17, 15) is 19.8 Å². The van der Waals surface area contributed by atoms with Gasteiger partial charge in [-0.3, -0.25) is 9.80 Å². The van der Waals surface area contributed by atoms with Gasteiger partial charge in [0, 0.05) is 48.1 Å². The fraction of sp³-hybridized carbons (Fsp3) is 0.621. The number of benzene rings is 3. The van der Waals surface area contributed by atoms with Crippen LogP contribution in [0.2, 0.25) is 51.4 Å². The smallest absolute Gasteiger partial charge is 0.410 e. The highest BCUT2D eigenvalue weighted by Crippen LogP contribution is 2.49. The van der Waals surface area contributed by atoms with Gasteiger partial charge in [-0.05, 0) is 138 Å². The van der Waals surface area contributed by atoms with E-state index < -0.39 is 51.6 Å². The van der Waals surface area contributed by atoms with Gasteiger partial charge in [0.1, 0.15) is 48.5 Å². The number of aliphatic hydroxyl groups is 2. The van der Waals surface area contributed by atoms with Crippen LogP contribution in [0.1, 0.15) is 141 Å². The molecule has 0 spiro atoms. The maximum absolute atomic E-state index is 13.7. The summed E-state index contributed by atoms with van der Waals surface area (Å²) in [5.41, 5.74) is 5.33. The summed E-state index contributed by atoms with van der Waals surface area (Å²) in [5.74, 6) is 1.47. The number of fused-ring (bicyclic) bond motifs is 2. The van der Waals surface area contributed by atoms with Crippen molar-refractivity contribution in [2.75, 3.05) is 31.2 Å². The van der Waals surface area contributed by atoms with Gasteiger partial charge >= 0.3 is 12.2 Å². The largest absolute Gasteiger partial charge is 0.444 e. The summed E-state index contributed by atoms with van der Waals surface area (Å²) in [4.78, 5) is 43.7. The van der Waals surface area contributed by atoms with Crippen molar-refractivity contribution >= 4 is 56.1 Å². The molecule has 75 heavy (non-hydrogen) atoms. The van der Waals surface area contributed by atoms with E-state index in [4.69, 9.17) is 28.9 Å². The molecule has 3 saturated heterocycles. The highest BCUT2D eigenvalue weighted by Gasteiger charge is 2.50. The van der Waals surface area contributed by atoms with E-state index in [1.165, 1.54) is 0 Å². The molecule has 0 aliphatic carbocycles. The molecule has 8 rings (SSSR count). The molecule has 6 atom stereocenters. The Labute approximate surface area is 447 Å². The molecule has 2 amide bonds. The van der Waals surface area contributed by atoms with Crippen LogP contribution in [-0.2, 0) is 37.8 Å². The number of rotatable bonds is 15. The number of aliphatic hydroxyl groups excluding tert-OH is 2. The van der Waals surface area contributed by atoms with Crippen molar-refractivity contribution in [1.82, 2.24) is 28.9 Å². The van der Waals surface area contributed by atoms with Crippen molar-refractivity contribution < 1.29 is 38.7 Å². The zero-order chi connectivity index (χ0) is 54.6. The fourth-order valence-corrected chi connectivity index (χ4v) is 12.2. The molecule has 0 saturated carbocycles. The number of carbonyl (C=O) groups excluding carboxylic acids is 2.